The number of rotatable bonds is 6. The minimum atomic E-state index is -1.50. The number of carboxylic acid groups (broad SMARTS) is 1. The van der Waals surface area contributed by atoms with Crippen LogP contribution in [0.4, 0.5) is 5.13 Å². The summed E-state index contributed by atoms with van der Waals surface area (Å²) in [5.74, 6) is -2.70. The Morgan fingerprint density at radius 3 is 2.75 bits per heavy atom. The summed E-state index contributed by atoms with van der Waals surface area (Å²) in [6.07, 6.45) is 3.14. The van der Waals surface area contributed by atoms with Crippen molar-refractivity contribution in [3.8, 4) is 0 Å². The van der Waals surface area contributed by atoms with Gasteiger partial charge in [-0.2, -0.15) is 0 Å². The van der Waals surface area contributed by atoms with E-state index in [1.165, 1.54) is 17.1 Å². The second kappa shape index (κ2) is 10.1. The molecule has 0 radical (unpaired) electrons. The predicted octanol–water partition coefficient (Wildman–Crippen LogP) is -4.12. The summed E-state index contributed by atoms with van der Waals surface area (Å²) in [6.45, 7) is 0. The van der Waals surface area contributed by atoms with Crippen molar-refractivity contribution in [2.75, 3.05) is 11.5 Å². The number of carbonyl (C=O) groups excluding carboxylic acids is 3. The number of nitrogen functional groups attached to an aromatic ring is 1. The number of carbonyl (C=O) groups is 3. The van der Waals surface area contributed by atoms with E-state index in [1.54, 1.807) is 17.5 Å². The molecule has 32 heavy (non-hydrogen) atoms. The third-order valence-corrected chi connectivity index (χ3v) is 6.89. The van der Waals surface area contributed by atoms with E-state index in [-0.39, 0.29) is 51.8 Å². The number of aliphatic carboxylic acids is 1. The van der Waals surface area contributed by atoms with Gasteiger partial charge in [0.25, 0.3) is 11.8 Å². The first-order valence-electron chi connectivity index (χ1n) is 8.49. The number of anilines is 1. The molecule has 4 rings (SSSR count). The van der Waals surface area contributed by atoms with Crippen molar-refractivity contribution >= 4 is 69.3 Å². The van der Waals surface area contributed by atoms with Crippen LogP contribution >= 0.6 is 34.6 Å². The molecule has 2 atom stereocenters. The van der Waals surface area contributed by atoms with Gasteiger partial charge in [0.2, 0.25) is 0 Å². The van der Waals surface area contributed by atoms with Gasteiger partial charge in [0, 0.05) is 16.5 Å². The number of allylic oxidation sites excluding steroid dienone is 1. The number of fused-ring (bicyclic) bond motifs is 1. The molecule has 4 heterocycles. The Bertz CT molecular complexity index is 1150. The zero-order chi connectivity index (χ0) is 22.1. The van der Waals surface area contributed by atoms with Crippen LogP contribution in [0, 0.1) is 0 Å². The maximum Gasteiger partial charge on any atom is 1.00 e. The van der Waals surface area contributed by atoms with Crippen LogP contribution in [0.25, 0.3) is 6.08 Å². The van der Waals surface area contributed by atoms with Crippen LogP contribution in [-0.4, -0.2) is 65.3 Å². The topological polar surface area (TPSA) is 187 Å². The Morgan fingerprint density at radius 1 is 1.38 bits per heavy atom. The van der Waals surface area contributed by atoms with Crippen molar-refractivity contribution in [1.82, 2.24) is 24.8 Å². The minimum absolute atomic E-state index is 0. The molecule has 12 nitrogen and oxygen atoms in total. The van der Waals surface area contributed by atoms with Gasteiger partial charge in [-0.15, -0.1) is 28.2 Å². The summed E-state index contributed by atoms with van der Waals surface area (Å²) < 4.78 is 3.72. The van der Waals surface area contributed by atoms with Crippen LogP contribution in [0.5, 0.6) is 0 Å². The monoisotopic (exact) mass is 501 g/mol. The molecule has 4 N–H and O–H groups in total. The van der Waals surface area contributed by atoms with E-state index in [9.17, 15) is 24.7 Å². The first kappa shape index (κ1) is 24.3. The smallest absolute Gasteiger partial charge is 0.543 e. The quantitative estimate of drug-likeness (QED) is 0.115. The summed E-state index contributed by atoms with van der Waals surface area (Å²) >= 11 is 3.48. The molecule has 2 aliphatic heterocycles. The van der Waals surface area contributed by atoms with Crippen LogP contribution in [0.1, 0.15) is 11.4 Å². The number of hydrogen-bond acceptors (Lipinski definition) is 13. The third kappa shape index (κ3) is 4.57. The second-order valence-corrected chi connectivity index (χ2v) is 8.81. The Kier molecular flexibility index (Phi) is 7.68. The summed E-state index contributed by atoms with van der Waals surface area (Å²) in [5, 5.41) is 32.8. The Balaban J connectivity index is 0.00000289. The number of hydrogen-bond donors (Lipinski definition) is 3. The average molecular weight is 502 g/mol. The number of nitrogens with zero attached hydrogens (tertiary/aromatic N) is 5. The molecule has 0 aromatic carbocycles. The molecule has 1 saturated heterocycles. The molecule has 0 saturated carbocycles. The largest absolute Gasteiger partial charge is 1.00 e. The summed E-state index contributed by atoms with van der Waals surface area (Å²) in [4.78, 5) is 41.9. The van der Waals surface area contributed by atoms with Gasteiger partial charge >= 0.3 is 29.6 Å². The molecule has 1 fully saturated rings. The number of nitrogens with two attached hydrogens (primary N) is 1. The zero-order valence-electron chi connectivity index (χ0n) is 16.3. The first-order chi connectivity index (χ1) is 14.9. The number of amides is 2. The van der Waals surface area contributed by atoms with E-state index in [1.807, 2.05) is 0 Å². The van der Waals surface area contributed by atoms with Gasteiger partial charge in [-0.1, -0.05) is 15.7 Å². The van der Waals surface area contributed by atoms with E-state index in [2.05, 4.69) is 25.0 Å². The molecule has 2 aromatic heterocycles. The van der Waals surface area contributed by atoms with Gasteiger partial charge in [-0.25, -0.2) is 4.98 Å². The molecule has 1 unspecified atom stereocenters. The molecule has 0 bridgehead atoms. The minimum Gasteiger partial charge on any atom is -0.543 e. The number of oxime groups is 1. The molecule has 0 spiro atoms. The molecule has 2 aromatic rings. The van der Waals surface area contributed by atoms with Gasteiger partial charge in [0.05, 0.1) is 17.4 Å². The summed E-state index contributed by atoms with van der Waals surface area (Å²) in [5.41, 5.74) is 5.85. The second-order valence-electron chi connectivity index (χ2n) is 6.20. The zero-order valence-corrected chi connectivity index (χ0v) is 20.7. The summed E-state index contributed by atoms with van der Waals surface area (Å²) in [6, 6.07) is -1.01. The Hall–Kier alpha value is -2.30. The van der Waals surface area contributed by atoms with Crippen molar-refractivity contribution in [3.05, 3.63) is 39.5 Å². The van der Waals surface area contributed by atoms with Crippen molar-refractivity contribution in [2.24, 2.45) is 5.16 Å². The maximum absolute atomic E-state index is 12.7. The van der Waals surface area contributed by atoms with Crippen LogP contribution in [0.3, 0.4) is 0 Å². The van der Waals surface area contributed by atoms with Crippen LogP contribution < -0.4 is 45.7 Å². The van der Waals surface area contributed by atoms with E-state index in [0.717, 1.165) is 27.8 Å². The van der Waals surface area contributed by atoms with Crippen molar-refractivity contribution in [2.45, 2.75) is 11.4 Å². The fourth-order valence-electron chi connectivity index (χ4n) is 3.01. The maximum atomic E-state index is 12.7. The fourth-order valence-corrected chi connectivity index (χ4v) is 5.30. The van der Waals surface area contributed by atoms with Crippen LogP contribution in [0.15, 0.2) is 33.3 Å². The molecular formula is C16H12N7NaO5S3. The average Bonchev–Trinajstić information content (AvgIpc) is 3.42. The van der Waals surface area contributed by atoms with Gasteiger partial charge in [-0.3, -0.25) is 14.5 Å². The molecule has 2 aliphatic rings. The molecule has 2 amide bonds. The van der Waals surface area contributed by atoms with Crippen molar-refractivity contribution in [3.63, 3.8) is 0 Å². The normalized spacial score (nSPS) is 20.6. The fraction of sp³-hybridized carbons (Fsp3) is 0.188. The number of thiazole rings is 1. The Labute approximate surface area is 214 Å². The Morgan fingerprint density at radius 2 is 2.16 bits per heavy atom. The van der Waals surface area contributed by atoms with Crippen molar-refractivity contribution in [1.29, 1.82) is 0 Å². The van der Waals surface area contributed by atoms with Crippen molar-refractivity contribution < 1.29 is 54.3 Å². The number of carboxylic acids is 1. The first-order valence-corrected chi connectivity index (χ1v) is 11.3. The van der Waals surface area contributed by atoms with Gasteiger partial charge in [0.1, 0.15) is 17.1 Å². The number of aromatic nitrogens is 3. The SMILES string of the molecule is Nc1nc(/C(=N\O)C(=O)NC2C(=O)N3C(C(=O)[O-])=C(/C=C\c4csnn4)CS[C@H]23)cs1.[Na+]. The van der Waals surface area contributed by atoms with Crippen LogP contribution in [-0.2, 0) is 14.4 Å². The van der Waals surface area contributed by atoms with E-state index < -0.39 is 34.9 Å². The number of thioether (sulfide) groups is 1. The van der Waals surface area contributed by atoms with E-state index in [4.69, 9.17) is 5.73 Å². The third-order valence-electron chi connectivity index (χ3n) is 4.39. The molecule has 160 valence electrons. The molecule has 0 aliphatic carbocycles. The summed E-state index contributed by atoms with van der Waals surface area (Å²) in [7, 11) is 0. The number of β-lactam (4-membered cyclic amide) rings is 1. The van der Waals surface area contributed by atoms with Gasteiger partial charge < -0.3 is 26.2 Å². The standard InChI is InChI=1S/C16H13N7O5S3.Na/c17-16-18-8(5-30-16)9(21-28)12(24)19-10-13(25)23-11(15(26)27)6(3-29-14(10)23)1-2-7-4-31-22-20-7;/h1-2,4-5,10,14,28H,3H2,(H2,17,18)(H,19,24)(H,26,27);/q;+1/p-1/b2-1-,21-9+;/t10?,14-;/m1./s1. The predicted molar refractivity (Wildman–Crippen MR) is 111 cm³/mol. The van der Waals surface area contributed by atoms with E-state index in [0.29, 0.717) is 11.3 Å². The van der Waals surface area contributed by atoms with Crippen LogP contribution in [0.2, 0.25) is 0 Å². The van der Waals surface area contributed by atoms with Gasteiger partial charge in [0.15, 0.2) is 10.8 Å². The molecular weight excluding hydrogens is 489 g/mol. The molecule has 16 heteroatoms. The van der Waals surface area contributed by atoms with Gasteiger partial charge in [-0.05, 0) is 23.2 Å². The van der Waals surface area contributed by atoms with E-state index >= 15 is 0 Å². The number of nitrogens with one attached hydrogen (secondary N) is 1.